The molecule has 0 spiro atoms. The Morgan fingerprint density at radius 1 is 1.35 bits per heavy atom. The van der Waals surface area contributed by atoms with Gasteiger partial charge in [0, 0.05) is 4.47 Å². The molecule has 5 nitrogen and oxygen atoms in total. The molecule has 0 amide bonds. The largest absolute Gasteiger partial charge is 0.407 e. The molecule has 0 saturated carbocycles. The quantitative estimate of drug-likeness (QED) is 0.756. The van der Waals surface area contributed by atoms with Gasteiger partial charge in [-0.25, -0.2) is 0 Å². The van der Waals surface area contributed by atoms with E-state index in [1.165, 1.54) is 0 Å². The van der Waals surface area contributed by atoms with Crippen molar-refractivity contribution in [3.63, 3.8) is 0 Å². The Balaban J connectivity index is 1.92. The summed E-state index contributed by atoms with van der Waals surface area (Å²) in [5.41, 5.74) is 1.16. The highest BCUT2D eigenvalue weighted by Gasteiger charge is 2.10. The maximum Gasteiger partial charge on any atom is 0.315 e. The molecule has 1 unspecified atom stereocenters. The van der Waals surface area contributed by atoms with Crippen molar-refractivity contribution in [3.05, 3.63) is 40.2 Å². The lowest BCUT2D eigenvalue weighted by atomic mass is 10.1. The van der Waals surface area contributed by atoms with E-state index in [4.69, 9.17) is 4.42 Å². The molecule has 2 aromatic rings. The van der Waals surface area contributed by atoms with E-state index < -0.39 is 0 Å². The van der Waals surface area contributed by atoms with Crippen molar-refractivity contribution in [1.29, 1.82) is 0 Å². The summed E-state index contributed by atoms with van der Waals surface area (Å²) in [6.07, 6.45) is 1.08. The minimum Gasteiger partial charge on any atom is -0.407 e. The normalized spacial score (nSPS) is 12.3. The first-order valence-electron chi connectivity index (χ1n) is 6.74. The molecule has 2 N–H and O–H groups in total. The third kappa shape index (κ3) is 4.31. The Morgan fingerprint density at radius 2 is 2.20 bits per heavy atom. The highest BCUT2D eigenvalue weighted by atomic mass is 79.9. The van der Waals surface area contributed by atoms with Crippen LogP contribution < -0.4 is 10.6 Å². The molecule has 0 bridgehead atoms. The van der Waals surface area contributed by atoms with E-state index in [1.54, 1.807) is 0 Å². The third-order valence-electron chi connectivity index (χ3n) is 2.86. The maximum atomic E-state index is 5.55. The van der Waals surface area contributed by atoms with Crippen molar-refractivity contribution in [2.75, 3.05) is 11.9 Å². The molecule has 108 valence electrons. The smallest absolute Gasteiger partial charge is 0.315 e. The molecular formula is C14H19BrN4O. The van der Waals surface area contributed by atoms with Gasteiger partial charge in [-0.1, -0.05) is 40.1 Å². The van der Waals surface area contributed by atoms with E-state index in [1.807, 2.05) is 12.1 Å². The first-order chi connectivity index (χ1) is 9.69. The maximum absolute atomic E-state index is 5.55. The van der Waals surface area contributed by atoms with E-state index in [-0.39, 0.29) is 6.04 Å². The first kappa shape index (κ1) is 15.0. The van der Waals surface area contributed by atoms with Crippen LogP contribution in [0.4, 0.5) is 6.01 Å². The minimum absolute atomic E-state index is 0.101. The Labute approximate surface area is 127 Å². The molecule has 1 aromatic heterocycles. The summed E-state index contributed by atoms with van der Waals surface area (Å²) in [6, 6.07) is 8.68. The van der Waals surface area contributed by atoms with Crippen LogP contribution in [-0.2, 0) is 6.54 Å². The second-order valence-corrected chi connectivity index (χ2v) is 5.51. The van der Waals surface area contributed by atoms with Crippen molar-refractivity contribution in [2.24, 2.45) is 0 Å². The second-order valence-electron chi connectivity index (χ2n) is 4.60. The van der Waals surface area contributed by atoms with Gasteiger partial charge in [0.05, 0.1) is 12.6 Å². The Kier molecular flexibility index (Phi) is 5.55. The van der Waals surface area contributed by atoms with Gasteiger partial charge in [-0.2, -0.15) is 0 Å². The lowest BCUT2D eigenvalue weighted by Crippen LogP contribution is -2.13. The number of anilines is 1. The number of hydrogen-bond acceptors (Lipinski definition) is 5. The predicted molar refractivity (Wildman–Crippen MR) is 82.5 cm³/mol. The van der Waals surface area contributed by atoms with Crippen LogP contribution in [0, 0.1) is 0 Å². The molecule has 0 aliphatic carbocycles. The molecule has 0 saturated heterocycles. The summed E-state index contributed by atoms with van der Waals surface area (Å²) >= 11 is 3.47. The average molecular weight is 339 g/mol. The van der Waals surface area contributed by atoms with Crippen LogP contribution in [0.2, 0.25) is 0 Å². The Hall–Kier alpha value is -1.40. The van der Waals surface area contributed by atoms with Crippen molar-refractivity contribution in [2.45, 2.75) is 32.9 Å². The minimum atomic E-state index is 0.101. The highest BCUT2D eigenvalue weighted by molar-refractivity contribution is 9.10. The van der Waals surface area contributed by atoms with Gasteiger partial charge in [0.1, 0.15) is 0 Å². The number of rotatable bonds is 7. The van der Waals surface area contributed by atoms with Crippen molar-refractivity contribution < 1.29 is 4.42 Å². The summed E-state index contributed by atoms with van der Waals surface area (Å²) in [5.74, 6) is 0.599. The number of nitrogens with one attached hydrogen (secondary N) is 2. The van der Waals surface area contributed by atoms with Crippen LogP contribution in [0.5, 0.6) is 0 Å². The van der Waals surface area contributed by atoms with Crippen LogP contribution in [-0.4, -0.2) is 16.7 Å². The van der Waals surface area contributed by atoms with Gasteiger partial charge in [-0.15, -0.1) is 5.10 Å². The fourth-order valence-corrected chi connectivity index (χ4v) is 2.22. The summed E-state index contributed by atoms with van der Waals surface area (Å²) < 4.78 is 6.60. The summed E-state index contributed by atoms with van der Waals surface area (Å²) in [5, 5.41) is 14.4. The van der Waals surface area contributed by atoms with Crippen molar-refractivity contribution >= 4 is 21.9 Å². The fraction of sp³-hybridized carbons (Fsp3) is 0.429. The molecule has 2 rings (SSSR count). The van der Waals surface area contributed by atoms with E-state index in [2.05, 4.69) is 62.7 Å². The molecule has 0 aliphatic heterocycles. The average Bonchev–Trinajstić information content (AvgIpc) is 2.86. The van der Waals surface area contributed by atoms with E-state index in [9.17, 15) is 0 Å². The molecular weight excluding hydrogens is 320 g/mol. The number of hydrogen-bond donors (Lipinski definition) is 2. The van der Waals surface area contributed by atoms with Gasteiger partial charge < -0.3 is 15.1 Å². The van der Waals surface area contributed by atoms with Crippen molar-refractivity contribution in [1.82, 2.24) is 15.5 Å². The van der Waals surface area contributed by atoms with Gasteiger partial charge in [0.15, 0.2) is 0 Å². The predicted octanol–water partition coefficient (Wildman–Crippen LogP) is 3.50. The lowest BCUT2D eigenvalue weighted by molar-refractivity contribution is 0.474. The molecule has 1 atom stereocenters. The zero-order chi connectivity index (χ0) is 14.4. The number of benzene rings is 1. The summed E-state index contributed by atoms with van der Waals surface area (Å²) in [6.45, 7) is 5.72. The van der Waals surface area contributed by atoms with Gasteiger partial charge in [0.25, 0.3) is 0 Å². The standard InChI is InChI=1S/C14H19BrN4O/c1-3-7-16-9-13-18-19-14(20-13)17-10(2)11-5-4-6-12(15)8-11/h4-6,8,10,16H,3,7,9H2,1-2H3,(H,17,19). The molecule has 0 radical (unpaired) electrons. The molecule has 0 aliphatic rings. The van der Waals surface area contributed by atoms with Crippen LogP contribution in [0.3, 0.4) is 0 Å². The SMILES string of the molecule is CCCNCc1nnc(NC(C)c2cccc(Br)c2)o1. The number of halogens is 1. The molecule has 1 heterocycles. The van der Waals surface area contributed by atoms with E-state index in [0.717, 1.165) is 23.0 Å². The van der Waals surface area contributed by atoms with Crippen LogP contribution in [0.1, 0.15) is 37.8 Å². The Bertz CT molecular complexity index is 543. The van der Waals surface area contributed by atoms with E-state index >= 15 is 0 Å². The van der Waals surface area contributed by atoms with Crippen LogP contribution >= 0.6 is 15.9 Å². The van der Waals surface area contributed by atoms with E-state index in [0.29, 0.717) is 18.5 Å². The molecule has 1 aromatic carbocycles. The summed E-state index contributed by atoms with van der Waals surface area (Å²) in [4.78, 5) is 0. The topological polar surface area (TPSA) is 63.0 Å². The number of nitrogens with zero attached hydrogens (tertiary/aromatic N) is 2. The van der Waals surface area contributed by atoms with Crippen LogP contribution in [0.15, 0.2) is 33.2 Å². The molecule has 6 heteroatoms. The van der Waals surface area contributed by atoms with Crippen LogP contribution in [0.25, 0.3) is 0 Å². The summed E-state index contributed by atoms with van der Waals surface area (Å²) in [7, 11) is 0. The third-order valence-corrected chi connectivity index (χ3v) is 3.35. The van der Waals surface area contributed by atoms with Gasteiger partial charge in [-0.05, 0) is 37.6 Å². The zero-order valence-electron chi connectivity index (χ0n) is 11.7. The monoisotopic (exact) mass is 338 g/mol. The van der Waals surface area contributed by atoms with Gasteiger partial charge in [-0.3, -0.25) is 0 Å². The molecule has 20 heavy (non-hydrogen) atoms. The fourth-order valence-electron chi connectivity index (χ4n) is 1.80. The van der Waals surface area contributed by atoms with Crippen molar-refractivity contribution in [3.8, 4) is 0 Å². The zero-order valence-corrected chi connectivity index (χ0v) is 13.3. The highest BCUT2D eigenvalue weighted by Crippen LogP contribution is 2.21. The lowest BCUT2D eigenvalue weighted by Gasteiger charge is -2.12. The molecule has 0 fully saturated rings. The Morgan fingerprint density at radius 3 is 2.95 bits per heavy atom. The first-order valence-corrected chi connectivity index (χ1v) is 7.53. The second kappa shape index (κ2) is 7.40. The number of aromatic nitrogens is 2. The van der Waals surface area contributed by atoms with Gasteiger partial charge in [0.2, 0.25) is 5.89 Å². The van der Waals surface area contributed by atoms with Gasteiger partial charge >= 0.3 is 6.01 Å².